The molecule has 9 heteroatoms. The number of hydrazone groups is 1. The van der Waals surface area contributed by atoms with Crippen molar-refractivity contribution in [1.29, 1.82) is 0 Å². The zero-order chi connectivity index (χ0) is 12.6. The summed E-state index contributed by atoms with van der Waals surface area (Å²) in [6, 6.07) is 0. The molecule has 0 aromatic rings. The van der Waals surface area contributed by atoms with Gasteiger partial charge in [0.05, 0.1) is 0 Å². The molecule has 1 aliphatic heterocycles. The fourth-order valence-electron chi connectivity index (χ4n) is 1.27. The van der Waals surface area contributed by atoms with Crippen LogP contribution in [0.4, 0.5) is 4.48 Å². The Morgan fingerprint density at radius 2 is 1.88 bits per heavy atom. The van der Waals surface area contributed by atoms with Crippen LogP contribution in [-0.4, -0.2) is 37.3 Å². The standard InChI is InChI=1S/C7H9Cl5FN3/c1-2-3-16-5(15(13)4-14-16)6(8,9)7(10,11)12/h4-5H,2-3H2,1H3. The first-order chi connectivity index (χ1) is 7.21. The molecule has 0 aliphatic carbocycles. The van der Waals surface area contributed by atoms with Crippen molar-refractivity contribution in [3.63, 3.8) is 0 Å². The third-order valence-electron chi connectivity index (χ3n) is 1.98. The van der Waals surface area contributed by atoms with E-state index in [0.717, 1.165) is 12.8 Å². The lowest BCUT2D eigenvalue weighted by molar-refractivity contribution is -0.00410. The second kappa shape index (κ2) is 5.11. The van der Waals surface area contributed by atoms with Gasteiger partial charge in [0.1, 0.15) is 6.34 Å². The Hall–Kier alpha value is 0.650. The van der Waals surface area contributed by atoms with Gasteiger partial charge in [-0.3, -0.25) is 5.01 Å². The molecule has 1 unspecified atom stereocenters. The molecule has 0 aromatic heterocycles. The van der Waals surface area contributed by atoms with Gasteiger partial charge in [0, 0.05) is 6.54 Å². The van der Waals surface area contributed by atoms with E-state index in [4.69, 9.17) is 58.0 Å². The summed E-state index contributed by atoms with van der Waals surface area (Å²) in [5.74, 6) is 0. The molecule has 0 radical (unpaired) electrons. The van der Waals surface area contributed by atoms with E-state index in [1.807, 2.05) is 6.92 Å². The number of alkyl halides is 5. The van der Waals surface area contributed by atoms with Crippen LogP contribution < -0.4 is 0 Å². The monoisotopic (exact) mass is 329 g/mol. The number of nitrogens with zero attached hydrogens (tertiary/aromatic N) is 3. The summed E-state index contributed by atoms with van der Waals surface area (Å²) in [6.07, 6.45) is 0.505. The van der Waals surface area contributed by atoms with E-state index in [1.165, 1.54) is 5.01 Å². The fraction of sp³-hybridized carbons (Fsp3) is 0.857. The van der Waals surface area contributed by atoms with Crippen molar-refractivity contribution in [3.8, 4) is 0 Å². The molecule has 0 N–H and O–H groups in total. The topological polar surface area (TPSA) is 18.8 Å². The quantitative estimate of drug-likeness (QED) is 0.580. The van der Waals surface area contributed by atoms with Gasteiger partial charge in [-0.05, 0) is 6.42 Å². The van der Waals surface area contributed by atoms with E-state index in [9.17, 15) is 4.48 Å². The summed E-state index contributed by atoms with van der Waals surface area (Å²) in [7, 11) is 0. The Kier molecular flexibility index (Phi) is 4.69. The number of hydrogen-bond acceptors (Lipinski definition) is 3. The first kappa shape index (κ1) is 14.7. The Balaban J connectivity index is 2.93. The largest absolute Gasteiger partial charge is 0.267 e. The van der Waals surface area contributed by atoms with Gasteiger partial charge in [-0.2, -0.15) is 10.2 Å². The summed E-state index contributed by atoms with van der Waals surface area (Å²) >= 11 is 28.7. The molecule has 1 heterocycles. The van der Waals surface area contributed by atoms with Crippen molar-refractivity contribution in [2.45, 2.75) is 27.6 Å². The molecule has 0 aromatic carbocycles. The number of hydrogen-bond donors (Lipinski definition) is 0. The van der Waals surface area contributed by atoms with Gasteiger partial charge >= 0.3 is 0 Å². The minimum atomic E-state index is -2.04. The van der Waals surface area contributed by atoms with Crippen LogP contribution in [0.15, 0.2) is 5.10 Å². The van der Waals surface area contributed by atoms with Crippen LogP contribution in [0.5, 0.6) is 0 Å². The molecular weight excluding hydrogens is 322 g/mol. The number of halogens is 6. The van der Waals surface area contributed by atoms with Crippen molar-refractivity contribution in [3.05, 3.63) is 0 Å². The summed E-state index contributed by atoms with van der Waals surface area (Å²) in [4.78, 5) is 0. The minimum absolute atomic E-state index is 0.220. The normalized spacial score (nSPS) is 22.1. The van der Waals surface area contributed by atoms with Crippen LogP contribution in [0, 0.1) is 0 Å². The Morgan fingerprint density at radius 1 is 1.31 bits per heavy atom. The van der Waals surface area contributed by atoms with Crippen molar-refractivity contribution >= 4 is 64.3 Å². The zero-order valence-corrected chi connectivity index (χ0v) is 12.0. The molecule has 16 heavy (non-hydrogen) atoms. The van der Waals surface area contributed by atoms with Crippen molar-refractivity contribution in [2.24, 2.45) is 5.10 Å². The van der Waals surface area contributed by atoms with Crippen LogP contribution in [0.1, 0.15) is 13.3 Å². The Bertz CT molecular complexity index is 280. The van der Waals surface area contributed by atoms with Crippen molar-refractivity contribution in [2.75, 3.05) is 6.54 Å². The molecule has 1 aliphatic rings. The Morgan fingerprint density at radius 3 is 2.31 bits per heavy atom. The lowest BCUT2D eigenvalue weighted by Crippen LogP contribution is -2.54. The summed E-state index contributed by atoms with van der Waals surface area (Å²) < 4.78 is 9.50. The molecule has 0 amide bonds. The van der Waals surface area contributed by atoms with Crippen molar-refractivity contribution in [1.82, 2.24) is 10.1 Å². The molecule has 0 saturated heterocycles. The van der Waals surface area contributed by atoms with E-state index in [0.29, 0.717) is 6.54 Å². The molecule has 0 spiro atoms. The third-order valence-corrected chi connectivity index (χ3v) is 4.41. The molecular formula is C7H9Cl5FN3. The zero-order valence-electron chi connectivity index (χ0n) is 8.18. The van der Waals surface area contributed by atoms with Gasteiger partial charge < -0.3 is 0 Å². The second-order valence-electron chi connectivity index (χ2n) is 3.23. The van der Waals surface area contributed by atoms with Gasteiger partial charge in [-0.1, -0.05) is 69.4 Å². The third kappa shape index (κ3) is 2.72. The van der Waals surface area contributed by atoms with Crippen LogP contribution in [0.25, 0.3) is 0 Å². The summed E-state index contributed by atoms with van der Waals surface area (Å²) in [6.45, 7) is 2.34. The average molecular weight is 331 g/mol. The highest BCUT2D eigenvalue weighted by Gasteiger charge is 2.57. The number of rotatable bonds is 3. The van der Waals surface area contributed by atoms with E-state index in [1.54, 1.807) is 0 Å². The summed E-state index contributed by atoms with van der Waals surface area (Å²) in [5, 5.41) is 5.34. The smallest absolute Gasteiger partial charge is 0.227 e. The van der Waals surface area contributed by atoms with Crippen LogP contribution >= 0.6 is 58.0 Å². The van der Waals surface area contributed by atoms with Crippen LogP contribution in [-0.2, 0) is 0 Å². The first-order valence-corrected chi connectivity index (χ1v) is 6.30. The van der Waals surface area contributed by atoms with Gasteiger partial charge in [0.15, 0.2) is 6.17 Å². The minimum Gasteiger partial charge on any atom is -0.267 e. The lowest BCUT2D eigenvalue weighted by atomic mass is 10.3. The highest BCUT2D eigenvalue weighted by atomic mass is 35.6. The maximum absolute atomic E-state index is 13.5. The van der Waals surface area contributed by atoms with Crippen LogP contribution in [0.3, 0.4) is 0 Å². The van der Waals surface area contributed by atoms with Gasteiger partial charge in [-0.15, -0.1) is 0 Å². The van der Waals surface area contributed by atoms with Gasteiger partial charge in [-0.25, -0.2) is 0 Å². The molecule has 0 bridgehead atoms. The van der Waals surface area contributed by atoms with Gasteiger partial charge in [0.2, 0.25) is 8.13 Å². The molecule has 94 valence electrons. The SMILES string of the molecule is CCCN1N=CN(F)C1C(Cl)(Cl)C(Cl)(Cl)Cl. The maximum atomic E-state index is 13.5. The first-order valence-electron chi connectivity index (χ1n) is 4.41. The molecule has 1 rings (SSSR count). The molecule has 1 atom stereocenters. The van der Waals surface area contributed by atoms with E-state index < -0.39 is 14.3 Å². The van der Waals surface area contributed by atoms with Crippen molar-refractivity contribution < 1.29 is 4.48 Å². The Labute approximate surface area is 118 Å². The predicted molar refractivity (Wildman–Crippen MR) is 67.0 cm³/mol. The lowest BCUT2D eigenvalue weighted by Gasteiger charge is -2.38. The van der Waals surface area contributed by atoms with E-state index >= 15 is 0 Å². The molecule has 0 saturated carbocycles. The van der Waals surface area contributed by atoms with Gasteiger partial charge in [0.25, 0.3) is 0 Å². The fourth-order valence-corrected chi connectivity index (χ4v) is 1.97. The van der Waals surface area contributed by atoms with E-state index in [2.05, 4.69) is 5.10 Å². The highest BCUT2D eigenvalue weighted by Crippen LogP contribution is 2.50. The predicted octanol–water partition coefficient (Wildman–Crippen LogP) is 3.71. The average Bonchev–Trinajstić information content (AvgIpc) is 2.46. The molecule has 0 fully saturated rings. The van der Waals surface area contributed by atoms with E-state index in [-0.39, 0.29) is 5.12 Å². The van der Waals surface area contributed by atoms with Crippen LogP contribution in [0.2, 0.25) is 0 Å². The maximum Gasteiger partial charge on any atom is 0.227 e. The second-order valence-corrected chi connectivity index (χ2v) is 6.90. The summed E-state index contributed by atoms with van der Waals surface area (Å²) in [5.41, 5.74) is 0. The highest BCUT2D eigenvalue weighted by molar-refractivity contribution is 6.75. The molecule has 3 nitrogen and oxygen atoms in total.